The number of rotatable bonds is 4. The van der Waals surface area contributed by atoms with Crippen molar-refractivity contribution in [3.63, 3.8) is 0 Å². The second kappa shape index (κ2) is 5.85. The number of hydrogen-bond acceptors (Lipinski definition) is 5. The lowest BCUT2D eigenvalue weighted by Crippen LogP contribution is -2.51. The molecule has 1 N–H and O–H groups in total. The maximum absolute atomic E-state index is 13.3. The fourth-order valence-corrected chi connectivity index (χ4v) is 4.85. The Labute approximate surface area is 167 Å². The van der Waals surface area contributed by atoms with Crippen LogP contribution in [0.4, 0.5) is 0 Å². The van der Waals surface area contributed by atoms with E-state index in [1.807, 2.05) is 18.2 Å². The molecule has 0 radical (unpaired) electrons. The van der Waals surface area contributed by atoms with E-state index in [0.717, 1.165) is 49.1 Å². The summed E-state index contributed by atoms with van der Waals surface area (Å²) in [4.78, 5) is 22.1. The summed E-state index contributed by atoms with van der Waals surface area (Å²) in [6, 6.07) is 5.81. The summed E-state index contributed by atoms with van der Waals surface area (Å²) >= 11 is 0. The van der Waals surface area contributed by atoms with Gasteiger partial charge in [0.1, 0.15) is 0 Å². The Bertz CT molecular complexity index is 1120. The van der Waals surface area contributed by atoms with Crippen molar-refractivity contribution >= 4 is 5.91 Å². The quantitative estimate of drug-likeness (QED) is 0.542. The van der Waals surface area contributed by atoms with Crippen LogP contribution in [0.2, 0.25) is 0 Å². The van der Waals surface area contributed by atoms with Crippen LogP contribution < -0.4 is 10.0 Å². The predicted octanol–water partition coefficient (Wildman–Crippen LogP) is 1.76. The summed E-state index contributed by atoms with van der Waals surface area (Å²) in [6.07, 6.45) is 10.7. The molecular formula is C21H20N6O2. The first kappa shape index (κ1) is 16.6. The molecule has 8 heteroatoms. The molecule has 0 spiro atoms. The van der Waals surface area contributed by atoms with Crippen LogP contribution in [0.15, 0.2) is 43.0 Å². The molecule has 2 fully saturated rings. The number of carbonyl (C=O) groups is 1. The summed E-state index contributed by atoms with van der Waals surface area (Å²) in [5, 5.41) is 19.6. The van der Waals surface area contributed by atoms with Crippen LogP contribution in [0.5, 0.6) is 0 Å². The molecular weight excluding hydrogens is 368 g/mol. The van der Waals surface area contributed by atoms with Gasteiger partial charge in [-0.25, -0.2) is 9.67 Å². The standard InChI is InChI=1S/C21H20N6O2/c28-20(24-21(5-3-6-21)16-4-1-2-7-22-16)18-15-11-13-10-14(13)19(15)27(25-18)17-12-26(29)9-8-23-17/h1-2,4,7-9,12-14H,3,5-6,10-11H2,(H,24,28)/t13-,14-/m0/s1. The van der Waals surface area contributed by atoms with Gasteiger partial charge in [-0.2, -0.15) is 9.83 Å². The molecule has 2 saturated carbocycles. The molecule has 29 heavy (non-hydrogen) atoms. The highest BCUT2D eigenvalue weighted by Crippen LogP contribution is 2.57. The van der Waals surface area contributed by atoms with Crippen molar-refractivity contribution in [2.75, 3.05) is 0 Å². The Hall–Kier alpha value is -3.29. The van der Waals surface area contributed by atoms with Crippen molar-refractivity contribution in [2.45, 2.75) is 43.6 Å². The van der Waals surface area contributed by atoms with E-state index in [4.69, 9.17) is 0 Å². The van der Waals surface area contributed by atoms with Crippen molar-refractivity contribution in [1.29, 1.82) is 0 Å². The minimum atomic E-state index is -0.417. The fraction of sp³-hybridized carbons (Fsp3) is 0.381. The van der Waals surface area contributed by atoms with Crippen molar-refractivity contribution in [3.8, 4) is 5.82 Å². The number of carbonyl (C=O) groups excluding carboxylic acids is 1. The monoisotopic (exact) mass is 388 g/mol. The van der Waals surface area contributed by atoms with Gasteiger partial charge in [-0.15, -0.1) is 0 Å². The first-order valence-electron chi connectivity index (χ1n) is 10.1. The van der Waals surface area contributed by atoms with E-state index in [9.17, 15) is 10.0 Å². The van der Waals surface area contributed by atoms with Crippen molar-refractivity contribution in [3.05, 3.63) is 70.8 Å². The van der Waals surface area contributed by atoms with Gasteiger partial charge in [0.25, 0.3) is 5.91 Å². The van der Waals surface area contributed by atoms with Gasteiger partial charge >= 0.3 is 0 Å². The van der Waals surface area contributed by atoms with Gasteiger partial charge in [0.05, 0.1) is 23.1 Å². The number of hydrogen-bond donors (Lipinski definition) is 1. The van der Waals surface area contributed by atoms with Gasteiger partial charge in [0.2, 0.25) is 12.0 Å². The molecule has 0 saturated heterocycles. The molecule has 0 aliphatic heterocycles. The van der Waals surface area contributed by atoms with Crippen molar-refractivity contribution in [2.24, 2.45) is 5.92 Å². The fourth-order valence-electron chi connectivity index (χ4n) is 4.85. The lowest BCUT2D eigenvalue weighted by Gasteiger charge is -2.41. The summed E-state index contributed by atoms with van der Waals surface area (Å²) in [7, 11) is 0. The zero-order valence-electron chi connectivity index (χ0n) is 15.8. The lowest BCUT2D eigenvalue weighted by molar-refractivity contribution is -0.605. The first-order chi connectivity index (χ1) is 14.1. The number of amides is 1. The highest BCUT2D eigenvalue weighted by Gasteiger charge is 2.51. The predicted molar refractivity (Wildman–Crippen MR) is 102 cm³/mol. The highest BCUT2D eigenvalue weighted by molar-refractivity contribution is 5.95. The molecule has 0 bridgehead atoms. The molecule has 0 aromatic carbocycles. The third-order valence-corrected chi connectivity index (χ3v) is 6.57. The van der Waals surface area contributed by atoms with E-state index >= 15 is 0 Å². The molecule has 8 nitrogen and oxygen atoms in total. The molecule has 1 amide bonds. The number of aromatic nitrogens is 5. The van der Waals surface area contributed by atoms with Crippen molar-refractivity contribution < 1.29 is 9.52 Å². The van der Waals surface area contributed by atoms with Gasteiger partial charge in [-0.1, -0.05) is 6.07 Å². The van der Waals surface area contributed by atoms with Crippen LogP contribution in [0.3, 0.4) is 0 Å². The molecule has 3 aliphatic rings. The number of nitrogens with zero attached hydrogens (tertiary/aromatic N) is 5. The molecule has 3 aliphatic carbocycles. The molecule has 3 heterocycles. The molecule has 2 atom stereocenters. The summed E-state index contributed by atoms with van der Waals surface area (Å²) in [5.74, 6) is 1.28. The van der Waals surface area contributed by atoms with Gasteiger partial charge in [0, 0.05) is 17.7 Å². The zero-order chi connectivity index (χ0) is 19.6. The van der Waals surface area contributed by atoms with Gasteiger partial charge in [-0.3, -0.25) is 9.78 Å². The van der Waals surface area contributed by atoms with E-state index in [1.54, 1.807) is 10.9 Å². The zero-order valence-corrected chi connectivity index (χ0v) is 15.8. The third-order valence-electron chi connectivity index (χ3n) is 6.57. The highest BCUT2D eigenvalue weighted by atomic mass is 16.5. The van der Waals surface area contributed by atoms with Gasteiger partial charge in [-0.05, 0) is 50.2 Å². The Morgan fingerprint density at radius 2 is 2.17 bits per heavy atom. The van der Waals surface area contributed by atoms with E-state index in [0.29, 0.717) is 28.1 Å². The van der Waals surface area contributed by atoms with Crippen LogP contribution in [0.1, 0.15) is 59.0 Å². The average Bonchev–Trinajstić information content (AvgIpc) is 3.20. The number of fused-ring (bicyclic) bond motifs is 3. The molecule has 0 unspecified atom stereocenters. The van der Waals surface area contributed by atoms with E-state index < -0.39 is 5.54 Å². The van der Waals surface area contributed by atoms with Crippen LogP contribution in [-0.2, 0) is 12.0 Å². The Balaban J connectivity index is 1.38. The Kier molecular flexibility index (Phi) is 3.36. The second-order valence-corrected chi connectivity index (χ2v) is 8.31. The molecule has 6 rings (SSSR count). The molecule has 3 aromatic rings. The number of pyridine rings is 1. The molecule has 146 valence electrons. The summed E-state index contributed by atoms with van der Waals surface area (Å²) in [5.41, 5.74) is 2.98. The third kappa shape index (κ3) is 2.48. The largest absolute Gasteiger partial charge is 0.619 e. The maximum atomic E-state index is 13.3. The van der Waals surface area contributed by atoms with Crippen LogP contribution in [-0.4, -0.2) is 25.7 Å². The van der Waals surface area contributed by atoms with Crippen molar-refractivity contribution in [1.82, 2.24) is 25.1 Å². The topological polar surface area (TPSA) is 99.6 Å². The van der Waals surface area contributed by atoms with Crippen LogP contribution >= 0.6 is 0 Å². The summed E-state index contributed by atoms with van der Waals surface area (Å²) in [6.45, 7) is 0. The first-order valence-corrected chi connectivity index (χ1v) is 10.1. The number of nitrogens with one attached hydrogen (secondary N) is 1. The van der Waals surface area contributed by atoms with E-state index in [1.165, 1.54) is 18.6 Å². The minimum absolute atomic E-state index is 0.169. The van der Waals surface area contributed by atoms with Gasteiger partial charge in [0.15, 0.2) is 11.9 Å². The van der Waals surface area contributed by atoms with E-state index in [2.05, 4.69) is 20.4 Å². The second-order valence-electron chi connectivity index (χ2n) is 8.31. The Morgan fingerprint density at radius 1 is 1.28 bits per heavy atom. The smallest absolute Gasteiger partial charge is 0.272 e. The minimum Gasteiger partial charge on any atom is -0.619 e. The normalized spacial score (nSPS) is 23.0. The van der Waals surface area contributed by atoms with Crippen LogP contribution in [0, 0.1) is 11.1 Å². The maximum Gasteiger partial charge on any atom is 0.272 e. The van der Waals surface area contributed by atoms with E-state index in [-0.39, 0.29) is 5.91 Å². The summed E-state index contributed by atoms with van der Waals surface area (Å²) < 4.78 is 2.41. The lowest BCUT2D eigenvalue weighted by atomic mass is 9.74. The molecule has 3 aromatic heterocycles. The Morgan fingerprint density at radius 3 is 2.90 bits per heavy atom. The SMILES string of the molecule is O=C(NC1(c2ccccn2)CCC1)c1nn(-c2c[n+]([O-])ccn2)c2c1C[C@@H]1C[C@H]21. The van der Waals surface area contributed by atoms with Crippen LogP contribution in [0.25, 0.3) is 5.82 Å². The van der Waals surface area contributed by atoms with Gasteiger partial charge < -0.3 is 10.5 Å². The average molecular weight is 388 g/mol.